The van der Waals surface area contributed by atoms with Crippen molar-refractivity contribution in [1.82, 2.24) is 0 Å². The number of aliphatic carboxylic acids is 7. The van der Waals surface area contributed by atoms with E-state index in [-0.39, 0.29) is 43.4 Å². The zero-order valence-corrected chi connectivity index (χ0v) is 64.2. The molecule has 2 fully saturated rings. The lowest BCUT2D eigenvalue weighted by molar-refractivity contribution is -0.145. The first kappa shape index (κ1) is 98.3. The summed E-state index contributed by atoms with van der Waals surface area (Å²) in [6, 6.07) is 3.04. The minimum absolute atomic E-state index is 0.0117. The molecule has 0 saturated heterocycles. The second kappa shape index (κ2) is 58.6. The maximum atomic E-state index is 11.3. The van der Waals surface area contributed by atoms with Gasteiger partial charge in [-0.05, 0) is 193 Å². The number of ether oxygens (including phenoxy) is 6. The standard InChI is InChI=1S/C18H24O6.C12H18O2.C12H14O2.2C9H12O2.C8H10O4.C8H14O2.C4H6O2.C2H6/c1-4-6-8-21-12-23-16-10-14(3)15(18(19)20)11-17(16)24-13-22-9-7-5-2;2*1-4-6-8-10(3)11(12(13)14)9-7-5-2;2*1-5-6-2-3-7(4-6)8(5)9(10)11;1-6-7(8(9)10)12-5-3-2-4-11-6;1-4-6(3)7(5-2)8(9)10;1-2-3-4(5)6;1-2/h4-7,10-11H,8-9,12-13H2,1-3H3,(H,19,20);4-7H,8-9H2,1-3H3,(H,13,14);8-9H2,1-3H3,(H,13,14);2*2-3,5-8H,4H2,1H3,(H,10,11);2-3H,4-5H2,1H3,(H,9,10);4-5H2,1-3H3,(H,9,10);2-3H,1H3,(H,5,6);1-2H3/b;6-4?,7-5?,11-10+;11-10+;;;3-2-,7-6-;7-6+;3-2-;. The van der Waals surface area contributed by atoms with E-state index in [1.165, 1.54) is 12.1 Å². The van der Waals surface area contributed by atoms with E-state index in [0.29, 0.717) is 121 Å². The van der Waals surface area contributed by atoms with E-state index in [1.807, 2.05) is 132 Å². The minimum atomic E-state index is -1.09. The van der Waals surface area contributed by atoms with Crippen LogP contribution in [0.15, 0.2) is 154 Å². The van der Waals surface area contributed by atoms with Gasteiger partial charge in [0.2, 0.25) is 5.76 Å². The minimum Gasteiger partial charge on any atom is -0.490 e. The van der Waals surface area contributed by atoms with Crippen molar-refractivity contribution in [1.29, 1.82) is 0 Å². The number of hydrogen-bond donors (Lipinski definition) is 8. The van der Waals surface area contributed by atoms with Crippen LogP contribution in [0, 0.1) is 77.9 Å². The number of aromatic carboxylic acids is 1. The number of allylic oxidation sites excluding steroid dienone is 15. The van der Waals surface area contributed by atoms with Crippen molar-refractivity contribution in [2.45, 2.75) is 176 Å². The number of rotatable bonds is 26. The summed E-state index contributed by atoms with van der Waals surface area (Å²) in [7, 11) is 0. The van der Waals surface area contributed by atoms with Crippen molar-refractivity contribution in [3.63, 3.8) is 0 Å². The monoisotopic (exact) mass is 1450 g/mol. The van der Waals surface area contributed by atoms with Gasteiger partial charge in [0.25, 0.3) is 0 Å². The average Bonchev–Trinajstić information content (AvgIpc) is 1.65. The first-order valence-electron chi connectivity index (χ1n) is 34.7. The third kappa shape index (κ3) is 40.1. The summed E-state index contributed by atoms with van der Waals surface area (Å²) < 4.78 is 31.6. The van der Waals surface area contributed by atoms with Gasteiger partial charge in [-0.15, -0.1) is 11.8 Å². The molecule has 5 aliphatic rings. The molecular formula is C82H116O22. The molecule has 2 saturated carbocycles. The van der Waals surface area contributed by atoms with Gasteiger partial charge in [-0.1, -0.05) is 144 Å². The Bertz CT molecular complexity index is 3340. The quantitative estimate of drug-likeness (QED) is 0.0140. The van der Waals surface area contributed by atoms with Gasteiger partial charge in [0.15, 0.2) is 25.1 Å². The third-order valence-corrected chi connectivity index (χ3v) is 16.4. The zero-order chi connectivity index (χ0) is 79.9. The molecule has 0 radical (unpaired) electrons. The molecular weight excluding hydrogens is 1340 g/mol. The average molecular weight is 1450 g/mol. The first-order chi connectivity index (χ1) is 49.4. The molecule has 1 aromatic carbocycles. The lowest BCUT2D eigenvalue weighted by Crippen LogP contribution is -2.25. The Hall–Kier alpha value is -9.90. The molecule has 8 N–H and O–H groups in total. The molecule has 6 rings (SSSR count). The van der Waals surface area contributed by atoms with Crippen LogP contribution in [0.25, 0.3) is 0 Å². The van der Waals surface area contributed by atoms with Gasteiger partial charge < -0.3 is 69.3 Å². The number of fused-ring (bicyclic) bond motifs is 4. The van der Waals surface area contributed by atoms with Crippen molar-refractivity contribution in [2.24, 2.45) is 47.3 Å². The predicted molar refractivity (Wildman–Crippen MR) is 404 cm³/mol. The predicted octanol–water partition coefficient (Wildman–Crippen LogP) is 16.9. The van der Waals surface area contributed by atoms with E-state index >= 15 is 0 Å². The lowest BCUT2D eigenvalue weighted by Gasteiger charge is -2.19. The van der Waals surface area contributed by atoms with E-state index in [9.17, 15) is 43.5 Å². The first-order valence-corrected chi connectivity index (χ1v) is 34.7. The summed E-state index contributed by atoms with van der Waals surface area (Å²) in [4.78, 5) is 85.1. The molecule has 22 nitrogen and oxygen atoms in total. The van der Waals surface area contributed by atoms with E-state index in [1.54, 1.807) is 59.8 Å². The normalized spacial score (nSPS) is 20.5. The topological polar surface area (TPSA) is 354 Å². The summed E-state index contributed by atoms with van der Waals surface area (Å²) in [5.41, 5.74) is 4.85. The molecule has 22 heteroatoms. The molecule has 4 bridgehead atoms. The summed E-state index contributed by atoms with van der Waals surface area (Å²) >= 11 is 0. The van der Waals surface area contributed by atoms with Crippen LogP contribution < -0.4 is 9.47 Å². The molecule has 0 amide bonds. The molecule has 4 aliphatic carbocycles. The van der Waals surface area contributed by atoms with Gasteiger partial charge in [0.1, 0.15) is 19.0 Å². The number of benzene rings is 1. The molecule has 8 unspecified atom stereocenters. The molecule has 1 aliphatic heterocycles. The van der Waals surface area contributed by atoms with E-state index in [0.717, 1.165) is 48.5 Å². The fourth-order valence-electron chi connectivity index (χ4n) is 10.5. The number of carboxylic acids is 8. The smallest absolute Gasteiger partial charge is 0.374 e. The van der Waals surface area contributed by atoms with Crippen LogP contribution in [0.2, 0.25) is 0 Å². The van der Waals surface area contributed by atoms with Gasteiger partial charge in [0, 0.05) is 35.6 Å². The van der Waals surface area contributed by atoms with E-state index in [4.69, 9.17) is 64.2 Å². The molecule has 1 heterocycles. The molecule has 8 atom stereocenters. The second-order valence-corrected chi connectivity index (χ2v) is 23.4. The van der Waals surface area contributed by atoms with Crippen LogP contribution >= 0.6 is 0 Å². The Kier molecular flexibility index (Phi) is 55.4. The van der Waals surface area contributed by atoms with E-state index < -0.39 is 47.8 Å². The van der Waals surface area contributed by atoms with Gasteiger partial charge >= 0.3 is 47.8 Å². The van der Waals surface area contributed by atoms with Gasteiger partial charge in [-0.3, -0.25) is 9.59 Å². The van der Waals surface area contributed by atoms with Crippen molar-refractivity contribution >= 4 is 47.8 Å². The number of carbonyl (C=O) groups is 8. The largest absolute Gasteiger partial charge is 0.490 e. The summed E-state index contributed by atoms with van der Waals surface area (Å²) in [5, 5.41) is 69.9. The Labute approximate surface area is 616 Å². The van der Waals surface area contributed by atoms with Crippen LogP contribution in [0.1, 0.15) is 185 Å². The number of hydrogen-bond acceptors (Lipinski definition) is 14. The molecule has 576 valence electrons. The summed E-state index contributed by atoms with van der Waals surface area (Å²) in [5.74, 6) is 7.41. The van der Waals surface area contributed by atoms with Crippen LogP contribution in [0.4, 0.5) is 0 Å². The number of carboxylic acid groups (broad SMARTS) is 8. The van der Waals surface area contributed by atoms with Crippen molar-refractivity contribution in [2.75, 3.05) is 40.0 Å². The van der Waals surface area contributed by atoms with Crippen LogP contribution in [-0.2, 0) is 52.5 Å². The Morgan fingerprint density at radius 3 is 1.29 bits per heavy atom. The number of aryl methyl sites for hydroxylation is 1. The SMILES string of the molecule is C/C1=C(\C(=O)O)OC/C=C\CO1.C/C=C\C(=O)O.CC.CC#CC/C(C)=C(\CC#CC)C(=O)O.CC/C(C)=C(\CC)C(=O)O.CC1C2C=CC(C2)C1C(=O)O.CC1C2C=CC(C2)C1C(=O)O.CC=CC/C(C)=C(\CC=CC)C(=O)O.CC=CCOCOc1cc(C)c(C(=O)O)cc1OCOCC=CC. The molecule has 1 aromatic rings. The van der Waals surface area contributed by atoms with Crippen molar-refractivity contribution < 1.29 is 108 Å². The molecule has 104 heavy (non-hydrogen) atoms. The highest BCUT2D eigenvalue weighted by Crippen LogP contribution is 2.48. The van der Waals surface area contributed by atoms with Crippen LogP contribution in [-0.4, -0.2) is 129 Å². The second-order valence-electron chi connectivity index (χ2n) is 23.4. The van der Waals surface area contributed by atoms with Gasteiger partial charge in [-0.2, -0.15) is 0 Å². The third-order valence-electron chi connectivity index (χ3n) is 16.4. The van der Waals surface area contributed by atoms with Crippen LogP contribution in [0.3, 0.4) is 0 Å². The fraction of sp³-hybridized carbons (Fsp3) is 0.488. The zero-order valence-electron chi connectivity index (χ0n) is 64.2. The molecule has 0 aromatic heterocycles. The van der Waals surface area contributed by atoms with Gasteiger partial charge in [0.05, 0.1) is 30.6 Å². The highest BCUT2D eigenvalue weighted by molar-refractivity contribution is 5.91. The Morgan fingerprint density at radius 2 is 0.952 bits per heavy atom. The maximum Gasteiger partial charge on any atom is 0.374 e. The maximum absolute atomic E-state index is 11.3. The fourth-order valence-corrected chi connectivity index (χ4v) is 10.5. The Balaban J connectivity index is -0.00000115. The summed E-state index contributed by atoms with van der Waals surface area (Å²) in [6.45, 7) is 35.0. The highest BCUT2D eigenvalue weighted by Gasteiger charge is 2.46. The van der Waals surface area contributed by atoms with E-state index in [2.05, 4.69) is 48.0 Å². The Morgan fingerprint density at radius 1 is 0.519 bits per heavy atom. The van der Waals surface area contributed by atoms with Crippen molar-refractivity contribution in [3.8, 4) is 35.2 Å². The lowest BCUT2D eigenvalue weighted by atomic mass is 9.85. The van der Waals surface area contributed by atoms with Crippen LogP contribution in [0.5, 0.6) is 11.5 Å². The molecule has 0 spiro atoms. The van der Waals surface area contributed by atoms with Gasteiger partial charge in [-0.25, -0.2) is 28.8 Å². The summed E-state index contributed by atoms with van der Waals surface area (Å²) in [6.07, 6.45) is 35.2. The van der Waals surface area contributed by atoms with Crippen molar-refractivity contribution in [3.05, 3.63) is 165 Å². The highest BCUT2D eigenvalue weighted by atomic mass is 16.7.